The van der Waals surface area contributed by atoms with Gasteiger partial charge in [0.25, 0.3) is 5.91 Å². The van der Waals surface area contributed by atoms with Gasteiger partial charge >= 0.3 is 0 Å². The highest BCUT2D eigenvalue weighted by molar-refractivity contribution is 7.91. The standard InChI is InChI=1S/C27H37N3O3S/c1-27(2,3)24-6-4-5-7-25(24)29-14-16-30(17-15-29)26(31)22-10-8-21(9-11-22)20-28-23-12-18-34(32,33)19-13-23/h4-11,23,28H,12-20H2,1-3H3. The number of para-hydroxylation sites is 1. The second-order valence-corrected chi connectivity index (χ2v) is 12.9. The van der Waals surface area contributed by atoms with Gasteiger partial charge in [0.05, 0.1) is 11.5 Å². The Morgan fingerprint density at radius 1 is 0.941 bits per heavy atom. The number of nitrogens with one attached hydrogen (secondary N) is 1. The van der Waals surface area contributed by atoms with Crippen molar-refractivity contribution in [3.63, 3.8) is 0 Å². The zero-order valence-corrected chi connectivity index (χ0v) is 21.4. The third-order valence-electron chi connectivity index (χ3n) is 6.97. The lowest BCUT2D eigenvalue weighted by atomic mass is 9.85. The van der Waals surface area contributed by atoms with Gasteiger partial charge in [-0.2, -0.15) is 0 Å². The SMILES string of the molecule is CC(C)(C)c1ccccc1N1CCN(C(=O)c2ccc(CNC3CCS(=O)(=O)CC3)cc2)CC1. The number of hydrogen-bond acceptors (Lipinski definition) is 5. The van der Waals surface area contributed by atoms with Crippen LogP contribution in [0.4, 0.5) is 5.69 Å². The van der Waals surface area contributed by atoms with E-state index in [0.717, 1.165) is 24.2 Å². The Morgan fingerprint density at radius 2 is 1.56 bits per heavy atom. The van der Waals surface area contributed by atoms with Crippen LogP contribution in [0.5, 0.6) is 0 Å². The smallest absolute Gasteiger partial charge is 0.253 e. The second kappa shape index (κ2) is 10.1. The topological polar surface area (TPSA) is 69.7 Å². The average molecular weight is 484 g/mol. The summed E-state index contributed by atoms with van der Waals surface area (Å²) < 4.78 is 23.2. The molecule has 0 bridgehead atoms. The van der Waals surface area contributed by atoms with E-state index in [1.165, 1.54) is 11.3 Å². The molecule has 0 unspecified atom stereocenters. The van der Waals surface area contributed by atoms with Crippen LogP contribution in [0.3, 0.4) is 0 Å². The molecule has 2 fully saturated rings. The quantitative estimate of drug-likeness (QED) is 0.704. The van der Waals surface area contributed by atoms with Crippen LogP contribution in [-0.4, -0.2) is 63.0 Å². The van der Waals surface area contributed by atoms with E-state index in [1.54, 1.807) is 0 Å². The highest BCUT2D eigenvalue weighted by atomic mass is 32.2. The average Bonchev–Trinajstić information content (AvgIpc) is 2.83. The molecule has 1 N–H and O–H groups in total. The Bertz CT molecular complexity index is 1080. The van der Waals surface area contributed by atoms with E-state index in [9.17, 15) is 13.2 Å². The van der Waals surface area contributed by atoms with Crippen molar-refractivity contribution in [2.45, 2.75) is 51.6 Å². The summed E-state index contributed by atoms with van der Waals surface area (Å²) in [6.45, 7) is 10.5. The summed E-state index contributed by atoms with van der Waals surface area (Å²) in [6, 6.07) is 16.6. The number of amides is 1. The monoisotopic (exact) mass is 483 g/mol. The fraction of sp³-hybridized carbons (Fsp3) is 0.519. The van der Waals surface area contributed by atoms with Crippen LogP contribution in [0.1, 0.15) is 55.1 Å². The molecule has 4 rings (SSSR count). The van der Waals surface area contributed by atoms with Crippen molar-refractivity contribution in [3.8, 4) is 0 Å². The van der Waals surface area contributed by atoms with Crippen molar-refractivity contribution in [1.29, 1.82) is 0 Å². The van der Waals surface area contributed by atoms with E-state index in [4.69, 9.17) is 0 Å². The third kappa shape index (κ3) is 5.99. The van der Waals surface area contributed by atoms with Gasteiger partial charge in [-0.1, -0.05) is 51.1 Å². The van der Waals surface area contributed by atoms with Gasteiger partial charge in [-0.05, 0) is 47.6 Å². The van der Waals surface area contributed by atoms with Crippen molar-refractivity contribution < 1.29 is 13.2 Å². The Labute approximate surface area is 204 Å². The van der Waals surface area contributed by atoms with Crippen molar-refractivity contribution in [2.75, 3.05) is 42.6 Å². The zero-order chi connectivity index (χ0) is 24.3. The lowest BCUT2D eigenvalue weighted by Gasteiger charge is -2.38. The molecular formula is C27H37N3O3S. The van der Waals surface area contributed by atoms with E-state index in [0.29, 0.717) is 32.5 Å². The Kier molecular flexibility index (Phi) is 7.33. The lowest BCUT2D eigenvalue weighted by molar-refractivity contribution is 0.0746. The van der Waals surface area contributed by atoms with Gasteiger partial charge in [0.15, 0.2) is 0 Å². The Hall–Kier alpha value is -2.38. The van der Waals surface area contributed by atoms with E-state index in [1.807, 2.05) is 29.2 Å². The second-order valence-electron chi connectivity index (χ2n) is 10.6. The minimum absolute atomic E-state index is 0.0782. The number of hydrogen-bond donors (Lipinski definition) is 1. The summed E-state index contributed by atoms with van der Waals surface area (Å²) in [4.78, 5) is 17.4. The van der Waals surface area contributed by atoms with Crippen LogP contribution >= 0.6 is 0 Å². The minimum Gasteiger partial charge on any atom is -0.368 e. The summed E-state index contributed by atoms with van der Waals surface area (Å²) in [5.41, 5.74) is 4.52. The van der Waals surface area contributed by atoms with Crippen LogP contribution in [0.15, 0.2) is 48.5 Å². The maximum Gasteiger partial charge on any atom is 0.253 e. The van der Waals surface area contributed by atoms with Crippen molar-refractivity contribution in [1.82, 2.24) is 10.2 Å². The third-order valence-corrected chi connectivity index (χ3v) is 8.69. The molecule has 2 aliphatic rings. The molecule has 0 radical (unpaired) electrons. The molecule has 2 heterocycles. The molecule has 6 nitrogen and oxygen atoms in total. The number of nitrogens with zero attached hydrogens (tertiary/aromatic N) is 2. The summed E-state index contributed by atoms with van der Waals surface area (Å²) in [5, 5.41) is 3.46. The van der Waals surface area contributed by atoms with Crippen molar-refractivity contribution in [2.24, 2.45) is 0 Å². The number of piperazine rings is 1. The fourth-order valence-electron chi connectivity index (χ4n) is 4.84. The zero-order valence-electron chi connectivity index (χ0n) is 20.6. The minimum atomic E-state index is -2.84. The van der Waals surface area contributed by atoms with Gasteiger partial charge in [0.2, 0.25) is 0 Å². The van der Waals surface area contributed by atoms with Crippen LogP contribution in [0.2, 0.25) is 0 Å². The fourth-order valence-corrected chi connectivity index (χ4v) is 6.33. The number of sulfone groups is 1. The van der Waals surface area contributed by atoms with E-state index in [-0.39, 0.29) is 28.9 Å². The molecule has 2 saturated heterocycles. The first kappa shape index (κ1) is 24.7. The normalized spacial score (nSPS) is 19.3. The molecule has 34 heavy (non-hydrogen) atoms. The first-order valence-corrected chi connectivity index (χ1v) is 14.1. The van der Waals surface area contributed by atoms with Crippen LogP contribution in [0, 0.1) is 0 Å². The molecule has 0 atom stereocenters. The highest BCUT2D eigenvalue weighted by Crippen LogP contribution is 2.32. The first-order chi connectivity index (χ1) is 16.1. The van der Waals surface area contributed by atoms with Crippen molar-refractivity contribution >= 4 is 21.4 Å². The molecule has 2 aromatic carbocycles. The summed E-state index contributed by atoms with van der Waals surface area (Å²) in [7, 11) is -2.84. The summed E-state index contributed by atoms with van der Waals surface area (Å²) >= 11 is 0. The molecule has 0 saturated carbocycles. The van der Waals surface area contributed by atoms with Gasteiger partial charge in [-0.15, -0.1) is 0 Å². The Balaban J connectivity index is 1.30. The maximum atomic E-state index is 13.1. The molecule has 0 spiro atoms. The molecule has 1 amide bonds. The molecule has 7 heteroatoms. The van der Waals surface area contributed by atoms with Crippen LogP contribution in [-0.2, 0) is 21.8 Å². The van der Waals surface area contributed by atoms with E-state index in [2.05, 4.69) is 55.3 Å². The molecule has 2 aromatic rings. The molecule has 0 aliphatic carbocycles. The lowest BCUT2D eigenvalue weighted by Crippen LogP contribution is -2.49. The van der Waals surface area contributed by atoms with Crippen LogP contribution < -0.4 is 10.2 Å². The maximum absolute atomic E-state index is 13.1. The van der Waals surface area contributed by atoms with Gasteiger partial charge in [-0.3, -0.25) is 4.79 Å². The highest BCUT2D eigenvalue weighted by Gasteiger charge is 2.26. The predicted octanol–water partition coefficient (Wildman–Crippen LogP) is 3.61. The first-order valence-electron chi connectivity index (χ1n) is 12.3. The molecule has 2 aliphatic heterocycles. The van der Waals surface area contributed by atoms with Gasteiger partial charge in [-0.25, -0.2) is 8.42 Å². The summed E-state index contributed by atoms with van der Waals surface area (Å²) in [6.07, 6.45) is 1.34. The number of anilines is 1. The molecule has 0 aromatic heterocycles. The van der Waals surface area contributed by atoms with Gasteiger partial charge in [0, 0.05) is 50.0 Å². The van der Waals surface area contributed by atoms with E-state index >= 15 is 0 Å². The largest absolute Gasteiger partial charge is 0.368 e. The number of carbonyl (C=O) groups excluding carboxylic acids is 1. The number of benzene rings is 2. The number of carbonyl (C=O) groups is 1. The predicted molar refractivity (Wildman–Crippen MR) is 138 cm³/mol. The van der Waals surface area contributed by atoms with Gasteiger partial charge in [0.1, 0.15) is 9.84 Å². The van der Waals surface area contributed by atoms with Crippen LogP contribution in [0.25, 0.3) is 0 Å². The Morgan fingerprint density at radius 3 is 2.18 bits per heavy atom. The number of rotatable bonds is 5. The van der Waals surface area contributed by atoms with Crippen molar-refractivity contribution in [3.05, 3.63) is 65.2 Å². The molecular weight excluding hydrogens is 446 g/mol. The van der Waals surface area contributed by atoms with Gasteiger partial charge < -0.3 is 15.1 Å². The molecule has 184 valence electrons. The van der Waals surface area contributed by atoms with E-state index < -0.39 is 9.84 Å². The summed E-state index contributed by atoms with van der Waals surface area (Å²) in [5.74, 6) is 0.626.